The van der Waals surface area contributed by atoms with Crippen molar-refractivity contribution in [2.45, 2.75) is 0 Å². The van der Waals surface area contributed by atoms with Gasteiger partial charge < -0.3 is 4.74 Å². The van der Waals surface area contributed by atoms with Gasteiger partial charge in [0.2, 0.25) is 0 Å². The molecular weight excluding hydrogens is 212 g/mol. The van der Waals surface area contributed by atoms with Gasteiger partial charge in [0, 0.05) is 5.39 Å². The van der Waals surface area contributed by atoms with Gasteiger partial charge in [-0.3, -0.25) is 0 Å². The zero-order chi connectivity index (χ0) is 10.8. The molecule has 4 heteroatoms. The van der Waals surface area contributed by atoms with E-state index < -0.39 is 0 Å². The normalized spacial score (nSPS) is 9.93. The van der Waals surface area contributed by atoms with E-state index in [0.29, 0.717) is 22.0 Å². The van der Waals surface area contributed by atoms with Crippen molar-refractivity contribution in [2.75, 3.05) is 7.11 Å². The third kappa shape index (κ3) is 1.72. The number of halogens is 1. The molecule has 2 aromatic rings. The molecule has 0 spiro atoms. The fraction of sp³-hybridized carbons (Fsp3) is 0.0909. The standard InChI is InChI=1S/C11H7ClN2O/c1-15-11-4-7-2-3-8(6-13)14-10(7)5-9(11)12/h2-5H,1H3. The summed E-state index contributed by atoms with van der Waals surface area (Å²) in [6.07, 6.45) is 0. The van der Waals surface area contributed by atoms with Crippen LogP contribution in [-0.4, -0.2) is 12.1 Å². The summed E-state index contributed by atoms with van der Waals surface area (Å²) < 4.78 is 5.08. The van der Waals surface area contributed by atoms with Gasteiger partial charge in [-0.1, -0.05) is 11.6 Å². The van der Waals surface area contributed by atoms with Crippen LogP contribution < -0.4 is 4.74 Å². The lowest BCUT2D eigenvalue weighted by molar-refractivity contribution is 0.415. The number of benzene rings is 1. The van der Waals surface area contributed by atoms with E-state index in [0.717, 1.165) is 5.39 Å². The van der Waals surface area contributed by atoms with E-state index in [4.69, 9.17) is 21.6 Å². The molecule has 0 radical (unpaired) electrons. The fourth-order valence-electron chi connectivity index (χ4n) is 1.34. The van der Waals surface area contributed by atoms with Gasteiger partial charge in [-0.2, -0.15) is 5.26 Å². The maximum absolute atomic E-state index is 8.70. The molecule has 0 unspecified atom stereocenters. The van der Waals surface area contributed by atoms with Gasteiger partial charge >= 0.3 is 0 Å². The number of nitrogens with zero attached hydrogens (tertiary/aromatic N) is 2. The maximum atomic E-state index is 8.70. The molecule has 3 nitrogen and oxygen atoms in total. The molecule has 2 rings (SSSR count). The van der Waals surface area contributed by atoms with E-state index in [-0.39, 0.29) is 0 Å². The van der Waals surface area contributed by atoms with Crippen molar-refractivity contribution in [3.05, 3.63) is 35.0 Å². The molecule has 0 aliphatic heterocycles. The Kier molecular flexibility index (Phi) is 2.44. The van der Waals surface area contributed by atoms with Crippen LogP contribution in [0.5, 0.6) is 5.75 Å². The van der Waals surface area contributed by atoms with Crippen LogP contribution in [0.3, 0.4) is 0 Å². The van der Waals surface area contributed by atoms with Gasteiger partial charge in [-0.25, -0.2) is 4.98 Å². The predicted molar refractivity (Wildman–Crippen MR) is 58.0 cm³/mol. The smallest absolute Gasteiger partial charge is 0.141 e. The third-order valence-corrected chi connectivity index (χ3v) is 2.37. The van der Waals surface area contributed by atoms with Crippen molar-refractivity contribution >= 4 is 22.5 Å². The lowest BCUT2D eigenvalue weighted by Crippen LogP contribution is -1.88. The zero-order valence-electron chi connectivity index (χ0n) is 7.99. The number of methoxy groups -OCH3 is 1. The highest BCUT2D eigenvalue weighted by Gasteiger charge is 2.04. The molecule has 0 saturated heterocycles. The summed E-state index contributed by atoms with van der Waals surface area (Å²) in [7, 11) is 1.56. The highest BCUT2D eigenvalue weighted by Crippen LogP contribution is 2.28. The lowest BCUT2D eigenvalue weighted by Gasteiger charge is -2.04. The minimum Gasteiger partial charge on any atom is -0.495 e. The van der Waals surface area contributed by atoms with Gasteiger partial charge in [0.15, 0.2) is 0 Å². The molecule has 0 aliphatic rings. The summed E-state index contributed by atoms with van der Waals surface area (Å²) in [6.45, 7) is 0. The minimum absolute atomic E-state index is 0.378. The molecule has 0 aliphatic carbocycles. The van der Waals surface area contributed by atoms with E-state index in [1.54, 1.807) is 25.3 Å². The Labute approximate surface area is 91.9 Å². The van der Waals surface area contributed by atoms with Crippen LogP contribution in [0.2, 0.25) is 5.02 Å². The first kappa shape index (κ1) is 9.75. The molecule has 1 aromatic heterocycles. The van der Waals surface area contributed by atoms with Crippen LogP contribution in [0.1, 0.15) is 5.69 Å². The highest BCUT2D eigenvalue weighted by molar-refractivity contribution is 6.32. The first-order valence-electron chi connectivity index (χ1n) is 4.29. The monoisotopic (exact) mass is 218 g/mol. The Morgan fingerprint density at radius 2 is 2.20 bits per heavy atom. The molecule has 1 aromatic carbocycles. The molecule has 0 bridgehead atoms. The van der Waals surface area contributed by atoms with Crippen LogP contribution in [-0.2, 0) is 0 Å². The molecule has 1 heterocycles. The molecule has 74 valence electrons. The number of aromatic nitrogens is 1. The van der Waals surface area contributed by atoms with Crippen LogP contribution in [0.15, 0.2) is 24.3 Å². The summed E-state index contributed by atoms with van der Waals surface area (Å²) >= 11 is 5.95. The Bertz CT molecular complexity index is 560. The summed E-state index contributed by atoms with van der Waals surface area (Å²) in [5, 5.41) is 10.1. The second kappa shape index (κ2) is 3.76. The average Bonchev–Trinajstić information content (AvgIpc) is 2.27. The second-order valence-corrected chi connectivity index (χ2v) is 3.39. The first-order chi connectivity index (χ1) is 7.24. The Hall–Kier alpha value is -1.79. The van der Waals surface area contributed by atoms with Gasteiger partial charge in [0.25, 0.3) is 0 Å². The molecule has 0 saturated carbocycles. The van der Waals surface area contributed by atoms with E-state index in [1.807, 2.05) is 12.1 Å². The maximum Gasteiger partial charge on any atom is 0.141 e. The summed E-state index contributed by atoms with van der Waals surface area (Å²) in [4.78, 5) is 4.13. The zero-order valence-corrected chi connectivity index (χ0v) is 8.75. The molecule has 15 heavy (non-hydrogen) atoms. The summed E-state index contributed by atoms with van der Waals surface area (Å²) in [6, 6.07) is 8.95. The third-order valence-electron chi connectivity index (χ3n) is 2.08. The second-order valence-electron chi connectivity index (χ2n) is 2.99. The Morgan fingerprint density at radius 1 is 1.40 bits per heavy atom. The average molecular weight is 219 g/mol. The predicted octanol–water partition coefficient (Wildman–Crippen LogP) is 2.77. The topological polar surface area (TPSA) is 45.9 Å². The van der Waals surface area contributed by atoms with Crippen molar-refractivity contribution in [1.82, 2.24) is 4.98 Å². The van der Waals surface area contributed by atoms with Crippen molar-refractivity contribution < 1.29 is 4.74 Å². The van der Waals surface area contributed by atoms with Crippen molar-refractivity contribution in [2.24, 2.45) is 0 Å². The number of nitriles is 1. The van der Waals surface area contributed by atoms with E-state index in [1.165, 1.54) is 0 Å². The Morgan fingerprint density at radius 3 is 2.87 bits per heavy atom. The van der Waals surface area contributed by atoms with Crippen LogP contribution in [0.25, 0.3) is 10.9 Å². The van der Waals surface area contributed by atoms with Crippen molar-refractivity contribution in [3.63, 3.8) is 0 Å². The van der Waals surface area contributed by atoms with Crippen LogP contribution in [0.4, 0.5) is 0 Å². The largest absolute Gasteiger partial charge is 0.495 e. The number of fused-ring (bicyclic) bond motifs is 1. The van der Waals surface area contributed by atoms with Crippen LogP contribution >= 0.6 is 11.6 Å². The molecule has 0 amide bonds. The Balaban J connectivity index is 2.71. The van der Waals surface area contributed by atoms with Crippen LogP contribution in [0, 0.1) is 11.3 Å². The lowest BCUT2D eigenvalue weighted by atomic mass is 10.2. The van der Waals surface area contributed by atoms with Crippen molar-refractivity contribution in [1.29, 1.82) is 5.26 Å². The highest BCUT2D eigenvalue weighted by atomic mass is 35.5. The quantitative estimate of drug-likeness (QED) is 0.740. The van der Waals surface area contributed by atoms with E-state index >= 15 is 0 Å². The number of hydrogen-bond acceptors (Lipinski definition) is 3. The SMILES string of the molecule is COc1cc2ccc(C#N)nc2cc1Cl. The number of rotatable bonds is 1. The molecule has 0 fully saturated rings. The van der Waals surface area contributed by atoms with Gasteiger partial charge in [0.05, 0.1) is 17.6 Å². The van der Waals surface area contributed by atoms with Gasteiger partial charge in [-0.05, 0) is 24.3 Å². The fourth-order valence-corrected chi connectivity index (χ4v) is 1.58. The summed E-state index contributed by atoms with van der Waals surface area (Å²) in [5.74, 6) is 0.607. The molecule has 0 atom stereocenters. The first-order valence-corrected chi connectivity index (χ1v) is 4.67. The summed E-state index contributed by atoms with van der Waals surface area (Å²) in [5.41, 5.74) is 1.07. The number of ether oxygens (including phenoxy) is 1. The minimum atomic E-state index is 0.378. The molecule has 0 N–H and O–H groups in total. The van der Waals surface area contributed by atoms with E-state index in [9.17, 15) is 0 Å². The molecular formula is C11H7ClN2O. The number of pyridine rings is 1. The van der Waals surface area contributed by atoms with Gasteiger partial charge in [-0.15, -0.1) is 0 Å². The van der Waals surface area contributed by atoms with Gasteiger partial charge in [0.1, 0.15) is 17.5 Å². The van der Waals surface area contributed by atoms with E-state index in [2.05, 4.69) is 4.98 Å². The van der Waals surface area contributed by atoms with Crippen molar-refractivity contribution in [3.8, 4) is 11.8 Å². The number of hydrogen-bond donors (Lipinski definition) is 0.